The second-order valence-corrected chi connectivity index (χ2v) is 9.31. The SMILES string of the molecule is COc1ccc2c(c1)CC(C(=O)NC(CO)C(=O)NC(CC(C)C)C(=O)C1(CO)CO1)CC2. The molecule has 0 radical (unpaired) electrons. The van der Waals surface area contributed by atoms with E-state index in [0.29, 0.717) is 19.3 Å². The highest BCUT2D eigenvalue weighted by atomic mass is 16.6. The summed E-state index contributed by atoms with van der Waals surface area (Å²) < 4.78 is 10.4. The fourth-order valence-corrected chi connectivity index (χ4v) is 4.26. The Balaban J connectivity index is 1.63. The number of methoxy groups -OCH3 is 1. The highest BCUT2D eigenvalue weighted by molar-refractivity contribution is 5.98. The van der Waals surface area contributed by atoms with Gasteiger partial charge in [0.05, 0.1) is 33.0 Å². The van der Waals surface area contributed by atoms with Crippen LogP contribution in [0.2, 0.25) is 0 Å². The molecule has 1 aliphatic carbocycles. The van der Waals surface area contributed by atoms with E-state index in [2.05, 4.69) is 10.6 Å². The fourth-order valence-electron chi connectivity index (χ4n) is 4.26. The zero-order valence-corrected chi connectivity index (χ0v) is 19.4. The molecule has 0 bridgehead atoms. The summed E-state index contributed by atoms with van der Waals surface area (Å²) in [6, 6.07) is 3.75. The quantitative estimate of drug-likeness (QED) is 0.343. The molecule has 0 spiro atoms. The molecule has 1 aromatic rings. The van der Waals surface area contributed by atoms with E-state index in [1.165, 1.54) is 5.56 Å². The van der Waals surface area contributed by atoms with Crippen LogP contribution in [-0.2, 0) is 32.0 Å². The zero-order chi connectivity index (χ0) is 24.2. The maximum atomic E-state index is 12.9. The average Bonchev–Trinajstić information content (AvgIpc) is 3.61. The van der Waals surface area contributed by atoms with Gasteiger partial charge in [0.25, 0.3) is 0 Å². The van der Waals surface area contributed by atoms with Crippen LogP contribution in [0.5, 0.6) is 5.75 Å². The van der Waals surface area contributed by atoms with Gasteiger partial charge in [0.2, 0.25) is 11.8 Å². The van der Waals surface area contributed by atoms with Crippen molar-refractivity contribution in [3.63, 3.8) is 0 Å². The molecular formula is C24H34N2O7. The molecule has 2 aliphatic rings. The molecule has 182 valence electrons. The van der Waals surface area contributed by atoms with Gasteiger partial charge in [0.15, 0.2) is 11.4 Å². The molecule has 1 aromatic carbocycles. The van der Waals surface area contributed by atoms with E-state index in [9.17, 15) is 24.6 Å². The van der Waals surface area contributed by atoms with Crippen molar-refractivity contribution in [2.75, 3.05) is 26.9 Å². The number of fused-ring (bicyclic) bond motifs is 1. The third-order valence-corrected chi connectivity index (χ3v) is 6.37. The van der Waals surface area contributed by atoms with Crippen molar-refractivity contribution in [3.05, 3.63) is 29.3 Å². The topological polar surface area (TPSA) is 137 Å². The first-order chi connectivity index (χ1) is 15.7. The Bertz CT molecular complexity index is 882. The van der Waals surface area contributed by atoms with E-state index in [4.69, 9.17) is 9.47 Å². The number of hydrogen-bond acceptors (Lipinski definition) is 7. The maximum Gasteiger partial charge on any atom is 0.245 e. The van der Waals surface area contributed by atoms with E-state index in [0.717, 1.165) is 17.7 Å². The first kappa shape index (κ1) is 25.1. The van der Waals surface area contributed by atoms with Gasteiger partial charge in [-0.15, -0.1) is 0 Å². The van der Waals surface area contributed by atoms with Gasteiger partial charge in [-0.25, -0.2) is 0 Å². The number of amides is 2. The number of carbonyl (C=O) groups excluding carboxylic acids is 3. The molecule has 1 saturated heterocycles. The predicted molar refractivity (Wildman–Crippen MR) is 120 cm³/mol. The summed E-state index contributed by atoms with van der Waals surface area (Å²) in [7, 11) is 1.59. The van der Waals surface area contributed by atoms with Gasteiger partial charge in [-0.2, -0.15) is 0 Å². The molecule has 4 unspecified atom stereocenters. The van der Waals surface area contributed by atoms with Crippen molar-refractivity contribution >= 4 is 17.6 Å². The monoisotopic (exact) mass is 462 g/mol. The van der Waals surface area contributed by atoms with Gasteiger partial charge in [0.1, 0.15) is 11.8 Å². The lowest BCUT2D eigenvalue weighted by atomic mass is 9.83. The van der Waals surface area contributed by atoms with E-state index in [1.807, 2.05) is 32.0 Å². The molecule has 2 amide bonds. The van der Waals surface area contributed by atoms with E-state index in [1.54, 1.807) is 7.11 Å². The smallest absolute Gasteiger partial charge is 0.245 e. The van der Waals surface area contributed by atoms with Crippen LogP contribution in [0.1, 0.15) is 37.8 Å². The molecule has 9 nitrogen and oxygen atoms in total. The van der Waals surface area contributed by atoms with Crippen LogP contribution in [0.25, 0.3) is 0 Å². The van der Waals surface area contributed by atoms with Gasteiger partial charge in [-0.1, -0.05) is 19.9 Å². The number of nitrogens with one attached hydrogen (secondary N) is 2. The van der Waals surface area contributed by atoms with Gasteiger partial charge in [0, 0.05) is 5.92 Å². The Kier molecular flexibility index (Phi) is 8.10. The third-order valence-electron chi connectivity index (χ3n) is 6.37. The van der Waals surface area contributed by atoms with Crippen LogP contribution in [0.15, 0.2) is 18.2 Å². The standard InChI is InChI=1S/C24H34N2O7/c1-14(2)8-19(21(29)24(12-28)13-33-24)25-23(31)20(11-27)26-22(30)16-5-4-15-6-7-18(32-3)10-17(15)9-16/h6-7,10,14,16,19-20,27-28H,4-5,8-9,11-13H2,1-3H3,(H,25,31)(H,26,30). The Morgan fingerprint density at radius 3 is 2.48 bits per heavy atom. The van der Waals surface area contributed by atoms with Crippen LogP contribution in [0.3, 0.4) is 0 Å². The average molecular weight is 463 g/mol. The summed E-state index contributed by atoms with van der Waals surface area (Å²) in [6.07, 6.45) is 2.24. The lowest BCUT2D eigenvalue weighted by Crippen LogP contribution is -2.56. The maximum absolute atomic E-state index is 12.9. The van der Waals surface area contributed by atoms with Gasteiger partial charge >= 0.3 is 0 Å². The second-order valence-electron chi connectivity index (χ2n) is 9.31. The van der Waals surface area contributed by atoms with Crippen molar-refractivity contribution in [1.82, 2.24) is 10.6 Å². The van der Waals surface area contributed by atoms with Gasteiger partial charge < -0.3 is 30.3 Å². The fraction of sp³-hybridized carbons (Fsp3) is 0.625. The number of ketones is 1. The third kappa shape index (κ3) is 5.90. The van der Waals surface area contributed by atoms with E-state index >= 15 is 0 Å². The number of carbonyl (C=O) groups is 3. The molecule has 33 heavy (non-hydrogen) atoms. The number of aliphatic hydroxyl groups is 2. The highest BCUT2D eigenvalue weighted by Gasteiger charge is 2.54. The Labute approximate surface area is 193 Å². The van der Waals surface area contributed by atoms with Crippen LogP contribution < -0.4 is 15.4 Å². The van der Waals surface area contributed by atoms with Crippen molar-refractivity contribution in [3.8, 4) is 5.75 Å². The Morgan fingerprint density at radius 2 is 1.91 bits per heavy atom. The van der Waals surface area contributed by atoms with Crippen LogP contribution in [0.4, 0.5) is 0 Å². The number of rotatable bonds is 11. The minimum absolute atomic E-state index is 0.0928. The molecule has 0 aromatic heterocycles. The van der Waals surface area contributed by atoms with Gasteiger partial charge in [-0.05, 0) is 54.9 Å². The number of aliphatic hydroxyl groups excluding tert-OH is 2. The second kappa shape index (κ2) is 10.6. The van der Waals surface area contributed by atoms with Gasteiger partial charge in [-0.3, -0.25) is 14.4 Å². The Hall–Kier alpha value is -2.49. The van der Waals surface area contributed by atoms with Crippen molar-refractivity contribution in [2.24, 2.45) is 11.8 Å². The molecule has 4 atom stereocenters. The van der Waals surface area contributed by atoms with Crippen LogP contribution in [-0.4, -0.2) is 72.4 Å². The minimum atomic E-state index is -1.26. The number of benzene rings is 1. The lowest BCUT2D eigenvalue weighted by molar-refractivity contribution is -0.135. The summed E-state index contributed by atoms with van der Waals surface area (Å²) in [6.45, 7) is 2.88. The molecule has 1 aliphatic heterocycles. The molecule has 0 saturated carbocycles. The number of Topliss-reactive ketones (excluding diaryl/α,β-unsaturated/α-hetero) is 1. The minimum Gasteiger partial charge on any atom is -0.497 e. The van der Waals surface area contributed by atoms with Crippen molar-refractivity contribution in [1.29, 1.82) is 0 Å². The number of aryl methyl sites for hydroxylation is 1. The first-order valence-corrected chi connectivity index (χ1v) is 11.4. The Morgan fingerprint density at radius 1 is 1.18 bits per heavy atom. The largest absolute Gasteiger partial charge is 0.497 e. The summed E-state index contributed by atoms with van der Waals surface area (Å²) in [5, 5.41) is 24.6. The predicted octanol–water partition coefficient (Wildman–Crippen LogP) is 0.139. The lowest BCUT2D eigenvalue weighted by Gasteiger charge is -2.27. The normalized spacial score (nSPS) is 23.3. The molecule has 3 rings (SSSR count). The summed E-state index contributed by atoms with van der Waals surface area (Å²) in [4.78, 5) is 38.6. The van der Waals surface area contributed by atoms with Crippen LogP contribution in [0, 0.1) is 11.8 Å². The zero-order valence-electron chi connectivity index (χ0n) is 19.4. The van der Waals surface area contributed by atoms with E-state index in [-0.39, 0.29) is 24.3 Å². The summed E-state index contributed by atoms with van der Waals surface area (Å²) in [5.41, 5.74) is 0.944. The molecule has 9 heteroatoms. The number of epoxide rings is 1. The molecule has 1 heterocycles. The summed E-state index contributed by atoms with van der Waals surface area (Å²) in [5.74, 6) is -0.873. The molecular weight excluding hydrogens is 428 g/mol. The molecule has 4 N–H and O–H groups in total. The van der Waals surface area contributed by atoms with Crippen LogP contribution >= 0.6 is 0 Å². The summed E-state index contributed by atoms with van der Waals surface area (Å²) >= 11 is 0. The van der Waals surface area contributed by atoms with E-state index < -0.39 is 42.6 Å². The molecule has 1 fully saturated rings. The van der Waals surface area contributed by atoms with Crippen molar-refractivity contribution < 1.29 is 34.1 Å². The van der Waals surface area contributed by atoms with Crippen molar-refractivity contribution in [2.45, 2.75) is 57.2 Å². The number of hydrogen-bond donors (Lipinski definition) is 4. The first-order valence-electron chi connectivity index (χ1n) is 11.4. The number of ether oxygens (including phenoxy) is 2. The highest BCUT2D eigenvalue weighted by Crippen LogP contribution is 2.30.